The predicted molar refractivity (Wildman–Crippen MR) is 82.7 cm³/mol. The normalized spacial score (nSPS) is 29.4. The maximum Gasteiger partial charge on any atom is 0.236 e. The summed E-state index contributed by atoms with van der Waals surface area (Å²) in [5.41, 5.74) is 0. The molecule has 0 aromatic rings. The molecule has 0 spiro atoms. The Bertz CT molecular complexity index is 305. The summed E-state index contributed by atoms with van der Waals surface area (Å²) in [6.07, 6.45) is 4.93. The smallest absolute Gasteiger partial charge is 0.236 e. The van der Waals surface area contributed by atoms with Gasteiger partial charge in [0.25, 0.3) is 0 Å². The van der Waals surface area contributed by atoms with Crippen LogP contribution in [0.3, 0.4) is 0 Å². The van der Waals surface area contributed by atoms with Gasteiger partial charge in [-0.2, -0.15) is 0 Å². The predicted octanol–water partition coefficient (Wildman–Crippen LogP) is 1.66. The molecule has 0 bridgehead atoms. The fourth-order valence-corrected chi connectivity index (χ4v) is 3.40. The van der Waals surface area contributed by atoms with E-state index in [2.05, 4.69) is 23.6 Å². The van der Waals surface area contributed by atoms with Crippen LogP contribution < -0.4 is 0 Å². The third-order valence-corrected chi connectivity index (χ3v) is 5.20. The summed E-state index contributed by atoms with van der Waals surface area (Å²) in [6, 6.07) is 0.482. The maximum absolute atomic E-state index is 12.4. The molecule has 0 radical (unpaired) electrons. The summed E-state index contributed by atoms with van der Waals surface area (Å²) in [5, 5.41) is 0. The van der Waals surface area contributed by atoms with Crippen molar-refractivity contribution in [2.75, 3.05) is 46.3 Å². The summed E-state index contributed by atoms with van der Waals surface area (Å²) in [5.74, 6) is 1.16. The molecule has 0 aromatic carbocycles. The summed E-state index contributed by atoms with van der Waals surface area (Å²) >= 11 is 0. The largest absolute Gasteiger partial charge is 0.342 e. The van der Waals surface area contributed by atoms with Crippen LogP contribution >= 0.6 is 0 Å². The number of nitrogens with zero attached hydrogens (tertiary/aromatic N) is 3. The SMILES string of the molecule is CCN1CCN(CC(=O)N(C)C2CCC(C)CC2)CC1. The van der Waals surface area contributed by atoms with Gasteiger partial charge in [-0.3, -0.25) is 9.69 Å². The number of hydrogen-bond donors (Lipinski definition) is 0. The lowest BCUT2D eigenvalue weighted by Crippen LogP contribution is -2.51. The molecule has 1 saturated heterocycles. The molecular weight excluding hydrogens is 250 g/mol. The fourth-order valence-electron chi connectivity index (χ4n) is 3.40. The second-order valence-corrected chi connectivity index (χ2v) is 6.63. The molecule has 116 valence electrons. The first-order valence-corrected chi connectivity index (χ1v) is 8.30. The molecule has 1 aliphatic carbocycles. The first kappa shape index (κ1) is 15.8. The van der Waals surface area contributed by atoms with Crippen molar-refractivity contribution in [2.24, 2.45) is 5.92 Å². The first-order valence-electron chi connectivity index (χ1n) is 8.30. The van der Waals surface area contributed by atoms with Crippen molar-refractivity contribution in [2.45, 2.75) is 45.6 Å². The fraction of sp³-hybridized carbons (Fsp3) is 0.938. The Labute approximate surface area is 124 Å². The second-order valence-electron chi connectivity index (χ2n) is 6.63. The van der Waals surface area contributed by atoms with E-state index in [0.717, 1.165) is 38.6 Å². The molecule has 4 heteroatoms. The lowest BCUT2D eigenvalue weighted by Gasteiger charge is -2.37. The molecule has 2 rings (SSSR count). The third-order valence-electron chi connectivity index (χ3n) is 5.20. The topological polar surface area (TPSA) is 26.8 Å². The van der Waals surface area contributed by atoms with Crippen LogP contribution in [0.25, 0.3) is 0 Å². The average Bonchev–Trinajstić information content (AvgIpc) is 2.48. The van der Waals surface area contributed by atoms with E-state index in [1.165, 1.54) is 25.7 Å². The number of carbonyl (C=O) groups excluding carboxylic acids is 1. The quantitative estimate of drug-likeness (QED) is 0.784. The van der Waals surface area contributed by atoms with Gasteiger partial charge < -0.3 is 9.80 Å². The highest BCUT2D eigenvalue weighted by Gasteiger charge is 2.26. The zero-order valence-corrected chi connectivity index (χ0v) is 13.5. The first-order chi connectivity index (χ1) is 9.60. The van der Waals surface area contributed by atoms with Gasteiger partial charge in [0, 0.05) is 39.3 Å². The van der Waals surface area contributed by atoms with Gasteiger partial charge >= 0.3 is 0 Å². The van der Waals surface area contributed by atoms with Crippen LogP contribution in [0.2, 0.25) is 0 Å². The van der Waals surface area contributed by atoms with E-state index in [1.54, 1.807) is 0 Å². The number of carbonyl (C=O) groups is 1. The van der Waals surface area contributed by atoms with Gasteiger partial charge in [0.1, 0.15) is 0 Å². The van der Waals surface area contributed by atoms with Crippen LogP contribution in [0.5, 0.6) is 0 Å². The molecular formula is C16H31N3O. The molecule has 4 nitrogen and oxygen atoms in total. The molecule has 2 fully saturated rings. The van der Waals surface area contributed by atoms with Crippen LogP contribution in [0, 0.1) is 5.92 Å². The Morgan fingerprint density at radius 3 is 2.15 bits per heavy atom. The summed E-state index contributed by atoms with van der Waals surface area (Å²) < 4.78 is 0. The third kappa shape index (κ3) is 4.19. The monoisotopic (exact) mass is 281 g/mol. The lowest BCUT2D eigenvalue weighted by molar-refractivity contribution is -0.134. The van der Waals surface area contributed by atoms with Crippen LogP contribution in [0.15, 0.2) is 0 Å². The molecule has 20 heavy (non-hydrogen) atoms. The Morgan fingerprint density at radius 2 is 1.60 bits per heavy atom. The molecule has 1 saturated carbocycles. The molecule has 0 unspecified atom stereocenters. The molecule has 1 amide bonds. The molecule has 1 aliphatic heterocycles. The molecule has 0 aromatic heterocycles. The van der Waals surface area contributed by atoms with Crippen LogP contribution in [-0.2, 0) is 4.79 Å². The van der Waals surface area contributed by atoms with E-state index in [-0.39, 0.29) is 0 Å². The minimum absolute atomic E-state index is 0.314. The number of rotatable bonds is 4. The summed E-state index contributed by atoms with van der Waals surface area (Å²) in [6.45, 7) is 10.6. The van der Waals surface area contributed by atoms with Gasteiger partial charge in [0.2, 0.25) is 5.91 Å². The van der Waals surface area contributed by atoms with E-state index in [1.807, 2.05) is 11.9 Å². The minimum Gasteiger partial charge on any atom is -0.342 e. The van der Waals surface area contributed by atoms with E-state index < -0.39 is 0 Å². The molecule has 0 atom stereocenters. The molecule has 0 N–H and O–H groups in total. The van der Waals surface area contributed by atoms with Crippen LogP contribution in [-0.4, -0.2) is 73.0 Å². The van der Waals surface area contributed by atoms with Crippen molar-refractivity contribution in [3.63, 3.8) is 0 Å². The highest BCUT2D eigenvalue weighted by Crippen LogP contribution is 2.26. The molecule has 1 heterocycles. The van der Waals surface area contributed by atoms with Crippen molar-refractivity contribution < 1.29 is 4.79 Å². The van der Waals surface area contributed by atoms with Crippen molar-refractivity contribution in [3.8, 4) is 0 Å². The summed E-state index contributed by atoms with van der Waals surface area (Å²) in [7, 11) is 2.01. The van der Waals surface area contributed by atoms with Crippen molar-refractivity contribution in [1.29, 1.82) is 0 Å². The van der Waals surface area contributed by atoms with Crippen molar-refractivity contribution in [1.82, 2.24) is 14.7 Å². The van der Waals surface area contributed by atoms with Gasteiger partial charge in [-0.25, -0.2) is 0 Å². The van der Waals surface area contributed by atoms with Gasteiger partial charge in [0.05, 0.1) is 6.54 Å². The number of likely N-dealkylation sites (N-methyl/N-ethyl adjacent to an activating group) is 2. The van der Waals surface area contributed by atoms with Crippen LogP contribution in [0.1, 0.15) is 39.5 Å². The average molecular weight is 281 g/mol. The zero-order chi connectivity index (χ0) is 14.5. The van der Waals surface area contributed by atoms with Gasteiger partial charge in [-0.1, -0.05) is 13.8 Å². The summed E-state index contributed by atoms with van der Waals surface area (Å²) in [4.78, 5) is 19.2. The zero-order valence-electron chi connectivity index (χ0n) is 13.5. The van der Waals surface area contributed by atoms with Crippen molar-refractivity contribution in [3.05, 3.63) is 0 Å². The van der Waals surface area contributed by atoms with Gasteiger partial charge in [-0.15, -0.1) is 0 Å². The number of hydrogen-bond acceptors (Lipinski definition) is 3. The number of amides is 1. The highest BCUT2D eigenvalue weighted by molar-refractivity contribution is 5.78. The van der Waals surface area contributed by atoms with E-state index in [4.69, 9.17) is 0 Å². The standard InChI is InChI=1S/C16H31N3O/c1-4-18-9-11-19(12-10-18)13-16(20)17(3)15-7-5-14(2)6-8-15/h14-15H,4-13H2,1-3H3. The Morgan fingerprint density at radius 1 is 1.05 bits per heavy atom. The van der Waals surface area contributed by atoms with E-state index >= 15 is 0 Å². The highest BCUT2D eigenvalue weighted by atomic mass is 16.2. The van der Waals surface area contributed by atoms with Crippen LogP contribution in [0.4, 0.5) is 0 Å². The van der Waals surface area contributed by atoms with Crippen molar-refractivity contribution >= 4 is 5.91 Å². The lowest BCUT2D eigenvalue weighted by atomic mass is 9.87. The van der Waals surface area contributed by atoms with E-state index in [9.17, 15) is 4.79 Å². The Balaban J connectivity index is 1.74. The second kappa shape index (κ2) is 7.41. The molecule has 2 aliphatic rings. The van der Waals surface area contributed by atoms with Gasteiger partial charge in [0.15, 0.2) is 0 Å². The maximum atomic E-state index is 12.4. The van der Waals surface area contributed by atoms with E-state index in [0.29, 0.717) is 18.5 Å². The Kier molecular flexibility index (Phi) is 5.85. The Hall–Kier alpha value is -0.610. The minimum atomic E-state index is 0.314. The van der Waals surface area contributed by atoms with Gasteiger partial charge in [-0.05, 0) is 38.1 Å². The number of piperazine rings is 1.